The predicted octanol–water partition coefficient (Wildman–Crippen LogP) is 1.36. The molecule has 0 radical (unpaired) electrons. The summed E-state index contributed by atoms with van der Waals surface area (Å²) in [6.07, 6.45) is 0. The molecule has 0 bridgehead atoms. The van der Waals surface area contributed by atoms with Crippen molar-refractivity contribution in [2.45, 2.75) is 30.7 Å². The Balaban J connectivity index is 2.89. The summed E-state index contributed by atoms with van der Waals surface area (Å²) in [5.41, 5.74) is -0.0585. The van der Waals surface area contributed by atoms with E-state index >= 15 is 0 Å². The van der Waals surface area contributed by atoms with Gasteiger partial charge in [-0.2, -0.15) is 4.80 Å². The van der Waals surface area contributed by atoms with Gasteiger partial charge in [-0.1, -0.05) is 22.6 Å². The second kappa shape index (κ2) is 3.04. The topological polar surface area (TPSA) is 43.6 Å². The number of rotatable bonds is 1. The van der Waals surface area contributed by atoms with Crippen LogP contribution in [0.25, 0.3) is 0 Å². The van der Waals surface area contributed by atoms with Crippen LogP contribution in [0, 0.1) is 0 Å². The summed E-state index contributed by atoms with van der Waals surface area (Å²) in [6, 6.07) is 0. The highest BCUT2D eigenvalue weighted by atomic mass is 127. The molecule has 5 heteroatoms. The van der Waals surface area contributed by atoms with Gasteiger partial charge in [-0.3, -0.25) is 0 Å². The highest BCUT2D eigenvalue weighted by Gasteiger charge is 2.15. The van der Waals surface area contributed by atoms with E-state index in [0.717, 1.165) is 10.3 Å². The number of tetrazole rings is 1. The molecule has 0 aliphatic rings. The molecule has 1 rings (SSSR count). The van der Waals surface area contributed by atoms with E-state index < -0.39 is 0 Å². The van der Waals surface area contributed by atoms with Crippen molar-refractivity contribution >= 4 is 22.6 Å². The van der Waals surface area contributed by atoms with Gasteiger partial charge in [0.05, 0.1) is 9.97 Å². The Kier molecular flexibility index (Phi) is 2.46. The lowest BCUT2D eigenvalue weighted by Gasteiger charge is -2.15. The first-order valence-corrected chi connectivity index (χ1v) is 4.92. The van der Waals surface area contributed by atoms with Gasteiger partial charge in [-0.25, -0.2) is 0 Å². The Labute approximate surface area is 79.5 Å². The number of hydrogen-bond acceptors (Lipinski definition) is 3. The molecule has 0 amide bonds. The van der Waals surface area contributed by atoms with Crippen molar-refractivity contribution in [1.82, 2.24) is 20.2 Å². The Hall–Kier alpha value is -0.200. The number of halogens is 1. The minimum absolute atomic E-state index is 0.0585. The number of nitrogens with zero attached hydrogens (tertiary/aromatic N) is 4. The summed E-state index contributed by atoms with van der Waals surface area (Å²) in [7, 11) is 0. The number of alkyl halides is 1. The second-order valence-corrected chi connectivity index (χ2v) is 4.06. The number of hydrogen-bond donors (Lipinski definition) is 0. The minimum Gasteiger partial charge on any atom is -0.159 e. The predicted molar refractivity (Wildman–Crippen MR) is 50.5 cm³/mol. The summed E-state index contributed by atoms with van der Waals surface area (Å²) in [5, 5.41) is 12.0. The van der Waals surface area contributed by atoms with Gasteiger partial charge in [0, 0.05) is 0 Å². The molecule has 0 aromatic carbocycles. The van der Waals surface area contributed by atoms with Crippen molar-refractivity contribution in [1.29, 1.82) is 0 Å². The van der Waals surface area contributed by atoms with Crippen LogP contribution in [0.2, 0.25) is 0 Å². The summed E-state index contributed by atoms with van der Waals surface area (Å²) in [6.45, 7) is 6.14. The van der Waals surface area contributed by atoms with Crippen LogP contribution in [0.1, 0.15) is 26.6 Å². The standard InChI is InChI=1S/C6H11IN4/c1-6(2,3)11-9-5(4-7)8-10-11/h4H2,1-3H3. The molecule has 11 heavy (non-hydrogen) atoms. The summed E-state index contributed by atoms with van der Waals surface area (Å²) >= 11 is 2.22. The quantitative estimate of drug-likeness (QED) is 0.569. The normalized spacial score (nSPS) is 12.0. The van der Waals surface area contributed by atoms with Crippen LogP contribution in [0.4, 0.5) is 0 Å². The van der Waals surface area contributed by atoms with Crippen molar-refractivity contribution in [2.75, 3.05) is 0 Å². The second-order valence-electron chi connectivity index (χ2n) is 3.30. The van der Waals surface area contributed by atoms with Gasteiger partial charge >= 0.3 is 0 Å². The fourth-order valence-electron chi connectivity index (χ4n) is 0.581. The zero-order valence-corrected chi connectivity index (χ0v) is 9.03. The van der Waals surface area contributed by atoms with E-state index in [1.165, 1.54) is 0 Å². The maximum Gasteiger partial charge on any atom is 0.184 e. The molecule has 4 nitrogen and oxygen atoms in total. The van der Waals surface area contributed by atoms with Crippen LogP contribution in [0.5, 0.6) is 0 Å². The van der Waals surface area contributed by atoms with E-state index in [2.05, 4.69) is 38.0 Å². The van der Waals surface area contributed by atoms with Crippen LogP contribution in [0.15, 0.2) is 0 Å². The largest absolute Gasteiger partial charge is 0.184 e. The molecule has 1 aromatic rings. The van der Waals surface area contributed by atoms with Gasteiger partial charge in [0.25, 0.3) is 0 Å². The van der Waals surface area contributed by atoms with Gasteiger partial charge in [-0.05, 0) is 26.0 Å². The van der Waals surface area contributed by atoms with E-state index in [1.54, 1.807) is 4.80 Å². The lowest BCUT2D eigenvalue weighted by molar-refractivity contribution is 0.305. The zero-order chi connectivity index (χ0) is 8.48. The van der Waals surface area contributed by atoms with Crippen molar-refractivity contribution in [3.05, 3.63) is 5.82 Å². The van der Waals surface area contributed by atoms with Gasteiger partial charge < -0.3 is 0 Å². The average Bonchev–Trinajstić information content (AvgIpc) is 2.32. The molecule has 0 fully saturated rings. The van der Waals surface area contributed by atoms with E-state index in [9.17, 15) is 0 Å². The molecule has 0 atom stereocenters. The first-order valence-electron chi connectivity index (χ1n) is 3.39. The van der Waals surface area contributed by atoms with Crippen LogP contribution < -0.4 is 0 Å². The molecule has 0 N–H and O–H groups in total. The summed E-state index contributed by atoms with van der Waals surface area (Å²) in [4.78, 5) is 1.64. The van der Waals surface area contributed by atoms with E-state index in [0.29, 0.717) is 0 Å². The Bertz CT molecular complexity index is 237. The van der Waals surface area contributed by atoms with E-state index in [-0.39, 0.29) is 5.54 Å². The van der Waals surface area contributed by atoms with Crippen molar-refractivity contribution in [3.8, 4) is 0 Å². The Morgan fingerprint density at radius 2 is 2.09 bits per heavy atom. The SMILES string of the molecule is CC(C)(C)n1nnc(CI)n1. The average molecular weight is 266 g/mol. The minimum atomic E-state index is -0.0585. The fraction of sp³-hybridized carbons (Fsp3) is 0.833. The third-order valence-electron chi connectivity index (χ3n) is 1.17. The van der Waals surface area contributed by atoms with Gasteiger partial charge in [-0.15, -0.1) is 10.2 Å². The molecule has 1 heterocycles. The van der Waals surface area contributed by atoms with Crippen LogP contribution in [-0.2, 0) is 9.97 Å². The summed E-state index contributed by atoms with van der Waals surface area (Å²) < 4.78 is 0.813. The molecule has 0 aliphatic carbocycles. The first kappa shape index (κ1) is 8.89. The first-order chi connectivity index (χ1) is 5.04. The molecule has 0 spiro atoms. The highest BCUT2D eigenvalue weighted by molar-refractivity contribution is 14.1. The monoisotopic (exact) mass is 266 g/mol. The molecule has 0 aliphatic heterocycles. The zero-order valence-electron chi connectivity index (χ0n) is 6.87. The van der Waals surface area contributed by atoms with Gasteiger partial charge in [0.15, 0.2) is 5.82 Å². The lowest BCUT2D eigenvalue weighted by Crippen LogP contribution is -2.24. The number of aromatic nitrogens is 4. The maximum absolute atomic E-state index is 4.19. The Morgan fingerprint density at radius 3 is 2.36 bits per heavy atom. The highest BCUT2D eigenvalue weighted by Crippen LogP contribution is 2.09. The molecule has 62 valence electrons. The van der Waals surface area contributed by atoms with Crippen LogP contribution in [0.3, 0.4) is 0 Å². The van der Waals surface area contributed by atoms with E-state index in [4.69, 9.17) is 0 Å². The summed E-state index contributed by atoms with van der Waals surface area (Å²) in [5.74, 6) is 0.792. The third kappa shape index (κ3) is 2.11. The smallest absolute Gasteiger partial charge is 0.159 e. The lowest BCUT2D eigenvalue weighted by atomic mass is 10.1. The van der Waals surface area contributed by atoms with Crippen molar-refractivity contribution < 1.29 is 0 Å². The van der Waals surface area contributed by atoms with Crippen molar-refractivity contribution in [3.63, 3.8) is 0 Å². The van der Waals surface area contributed by atoms with Crippen molar-refractivity contribution in [2.24, 2.45) is 0 Å². The van der Waals surface area contributed by atoms with Crippen LogP contribution in [-0.4, -0.2) is 20.2 Å². The van der Waals surface area contributed by atoms with Crippen LogP contribution >= 0.6 is 22.6 Å². The van der Waals surface area contributed by atoms with Gasteiger partial charge in [0.1, 0.15) is 0 Å². The third-order valence-corrected chi connectivity index (χ3v) is 1.86. The van der Waals surface area contributed by atoms with Gasteiger partial charge in [0.2, 0.25) is 0 Å². The molecule has 1 aromatic heterocycles. The fourth-order valence-corrected chi connectivity index (χ4v) is 0.886. The van der Waals surface area contributed by atoms with E-state index in [1.807, 2.05) is 20.8 Å². The molecule has 0 saturated heterocycles. The molecular formula is C6H11IN4. The molecule has 0 saturated carbocycles. The molecular weight excluding hydrogens is 255 g/mol. The Morgan fingerprint density at radius 1 is 1.45 bits per heavy atom. The molecule has 0 unspecified atom stereocenters. The maximum atomic E-state index is 4.19.